The number of hydrogen-bond acceptors (Lipinski definition) is 1. The lowest BCUT2D eigenvalue weighted by molar-refractivity contribution is -0.158. The number of rotatable bonds is 3. The SMILES string of the molecule is CC1CCCC(C2(C(=O)O)CCC(C(C)C)CC2)C1. The van der Waals surface area contributed by atoms with E-state index in [1.54, 1.807) is 0 Å². The number of hydrogen-bond donors (Lipinski definition) is 1. The molecule has 2 atom stereocenters. The lowest BCUT2D eigenvalue weighted by Gasteiger charge is -2.45. The van der Waals surface area contributed by atoms with E-state index in [2.05, 4.69) is 20.8 Å². The lowest BCUT2D eigenvalue weighted by Crippen LogP contribution is -2.44. The van der Waals surface area contributed by atoms with Gasteiger partial charge in [-0.2, -0.15) is 0 Å². The summed E-state index contributed by atoms with van der Waals surface area (Å²) in [6.07, 6.45) is 8.88. The van der Waals surface area contributed by atoms with Crippen molar-refractivity contribution in [1.29, 1.82) is 0 Å². The van der Waals surface area contributed by atoms with Crippen LogP contribution in [0, 0.1) is 29.1 Å². The van der Waals surface area contributed by atoms with Gasteiger partial charge in [-0.1, -0.05) is 33.6 Å². The van der Waals surface area contributed by atoms with E-state index in [9.17, 15) is 9.90 Å². The Bertz CT molecular complexity index is 313. The lowest BCUT2D eigenvalue weighted by atomic mass is 9.58. The van der Waals surface area contributed by atoms with E-state index in [1.165, 1.54) is 12.8 Å². The zero-order valence-electron chi connectivity index (χ0n) is 12.8. The van der Waals surface area contributed by atoms with Crippen LogP contribution in [0.4, 0.5) is 0 Å². The van der Waals surface area contributed by atoms with Crippen LogP contribution in [0.2, 0.25) is 0 Å². The van der Waals surface area contributed by atoms with Gasteiger partial charge in [-0.3, -0.25) is 4.79 Å². The smallest absolute Gasteiger partial charge is 0.309 e. The van der Waals surface area contributed by atoms with Crippen LogP contribution >= 0.6 is 0 Å². The van der Waals surface area contributed by atoms with E-state index < -0.39 is 5.97 Å². The van der Waals surface area contributed by atoms with Crippen molar-refractivity contribution in [3.8, 4) is 0 Å². The molecule has 0 aromatic heterocycles. The molecule has 2 rings (SSSR count). The Hall–Kier alpha value is -0.530. The molecular weight excluding hydrogens is 236 g/mol. The van der Waals surface area contributed by atoms with Crippen molar-refractivity contribution >= 4 is 5.97 Å². The van der Waals surface area contributed by atoms with E-state index in [4.69, 9.17) is 0 Å². The number of aliphatic carboxylic acids is 1. The van der Waals surface area contributed by atoms with Gasteiger partial charge in [0.05, 0.1) is 5.41 Å². The molecule has 0 aromatic carbocycles. The summed E-state index contributed by atoms with van der Waals surface area (Å²) in [5, 5.41) is 9.85. The van der Waals surface area contributed by atoms with Crippen molar-refractivity contribution in [2.24, 2.45) is 29.1 Å². The molecule has 0 radical (unpaired) electrons. The summed E-state index contributed by atoms with van der Waals surface area (Å²) in [6.45, 7) is 6.85. The standard InChI is InChI=1S/C17H30O2/c1-12(2)14-7-9-17(10-8-14,16(18)19)15-6-4-5-13(3)11-15/h12-15H,4-11H2,1-3H3,(H,18,19). The molecule has 2 aliphatic carbocycles. The maximum absolute atomic E-state index is 12.0. The number of carboxylic acids is 1. The molecule has 19 heavy (non-hydrogen) atoms. The largest absolute Gasteiger partial charge is 0.481 e. The molecule has 2 nitrogen and oxygen atoms in total. The maximum Gasteiger partial charge on any atom is 0.309 e. The van der Waals surface area contributed by atoms with Crippen molar-refractivity contribution in [3.05, 3.63) is 0 Å². The fraction of sp³-hybridized carbons (Fsp3) is 0.941. The molecule has 2 fully saturated rings. The number of carbonyl (C=O) groups is 1. The first-order valence-electron chi connectivity index (χ1n) is 8.19. The van der Waals surface area contributed by atoms with Crippen molar-refractivity contribution in [2.75, 3.05) is 0 Å². The van der Waals surface area contributed by atoms with Gasteiger partial charge >= 0.3 is 5.97 Å². The van der Waals surface area contributed by atoms with Crippen LogP contribution in [0.15, 0.2) is 0 Å². The van der Waals surface area contributed by atoms with Gasteiger partial charge in [0.1, 0.15) is 0 Å². The van der Waals surface area contributed by atoms with Crippen LogP contribution in [-0.4, -0.2) is 11.1 Å². The van der Waals surface area contributed by atoms with Crippen molar-refractivity contribution in [1.82, 2.24) is 0 Å². The average Bonchev–Trinajstić information content (AvgIpc) is 2.38. The molecule has 0 saturated heterocycles. The second-order valence-electron chi connectivity index (χ2n) is 7.51. The molecule has 0 aliphatic heterocycles. The molecule has 2 unspecified atom stereocenters. The van der Waals surface area contributed by atoms with Gasteiger partial charge in [0, 0.05) is 0 Å². The van der Waals surface area contributed by atoms with Crippen LogP contribution in [0.1, 0.15) is 72.1 Å². The molecule has 2 saturated carbocycles. The highest BCUT2D eigenvalue weighted by Crippen LogP contribution is 2.51. The molecule has 2 heteroatoms. The minimum Gasteiger partial charge on any atom is -0.481 e. The van der Waals surface area contributed by atoms with Crippen molar-refractivity contribution in [2.45, 2.75) is 72.1 Å². The molecule has 110 valence electrons. The van der Waals surface area contributed by atoms with Gasteiger partial charge in [0.25, 0.3) is 0 Å². The second-order valence-corrected chi connectivity index (χ2v) is 7.51. The molecule has 0 amide bonds. The summed E-state index contributed by atoms with van der Waals surface area (Å²) in [4.78, 5) is 12.0. The fourth-order valence-corrected chi connectivity index (χ4v) is 4.55. The first-order valence-corrected chi connectivity index (χ1v) is 8.19. The van der Waals surface area contributed by atoms with Crippen LogP contribution in [0.25, 0.3) is 0 Å². The first kappa shape index (κ1) is 14.9. The van der Waals surface area contributed by atoms with E-state index in [0.29, 0.717) is 11.8 Å². The quantitative estimate of drug-likeness (QED) is 0.801. The summed E-state index contributed by atoms with van der Waals surface area (Å²) >= 11 is 0. The number of carboxylic acid groups (broad SMARTS) is 1. The van der Waals surface area contributed by atoms with Gasteiger partial charge < -0.3 is 5.11 Å². The van der Waals surface area contributed by atoms with Gasteiger partial charge in [-0.15, -0.1) is 0 Å². The summed E-state index contributed by atoms with van der Waals surface area (Å²) in [6, 6.07) is 0. The van der Waals surface area contributed by atoms with Gasteiger partial charge in [0.15, 0.2) is 0 Å². The van der Waals surface area contributed by atoms with Crippen molar-refractivity contribution in [3.63, 3.8) is 0 Å². The van der Waals surface area contributed by atoms with Gasteiger partial charge in [-0.25, -0.2) is 0 Å². The Morgan fingerprint density at radius 2 is 1.79 bits per heavy atom. The topological polar surface area (TPSA) is 37.3 Å². The summed E-state index contributed by atoms with van der Waals surface area (Å²) in [5.74, 6) is 2.10. The van der Waals surface area contributed by atoms with Gasteiger partial charge in [0.2, 0.25) is 0 Å². The maximum atomic E-state index is 12.0. The van der Waals surface area contributed by atoms with Crippen molar-refractivity contribution < 1.29 is 9.90 Å². The zero-order valence-corrected chi connectivity index (χ0v) is 12.8. The third-order valence-corrected chi connectivity index (χ3v) is 6.01. The van der Waals surface area contributed by atoms with Crippen LogP contribution in [0.5, 0.6) is 0 Å². The first-order chi connectivity index (χ1) is 8.95. The molecule has 0 heterocycles. The Labute approximate surface area is 118 Å². The van der Waals surface area contributed by atoms with Crippen LogP contribution in [-0.2, 0) is 4.79 Å². The highest BCUT2D eigenvalue weighted by molar-refractivity contribution is 5.75. The van der Waals surface area contributed by atoms with E-state index in [-0.39, 0.29) is 5.41 Å². The molecular formula is C17H30O2. The molecule has 2 aliphatic rings. The highest BCUT2D eigenvalue weighted by Gasteiger charge is 2.48. The fourth-order valence-electron chi connectivity index (χ4n) is 4.55. The molecule has 0 spiro atoms. The normalized spacial score (nSPS) is 40.3. The van der Waals surface area contributed by atoms with Crippen LogP contribution in [0.3, 0.4) is 0 Å². The zero-order chi connectivity index (χ0) is 14.0. The summed E-state index contributed by atoms with van der Waals surface area (Å²) < 4.78 is 0. The Morgan fingerprint density at radius 1 is 1.16 bits per heavy atom. The van der Waals surface area contributed by atoms with E-state index >= 15 is 0 Å². The molecule has 1 N–H and O–H groups in total. The summed E-state index contributed by atoms with van der Waals surface area (Å²) in [5.41, 5.74) is -0.389. The Balaban J connectivity index is 2.09. The third kappa shape index (κ3) is 2.98. The predicted molar refractivity (Wildman–Crippen MR) is 78.0 cm³/mol. The van der Waals surface area contributed by atoms with Crippen LogP contribution < -0.4 is 0 Å². The molecule has 0 bridgehead atoms. The highest BCUT2D eigenvalue weighted by atomic mass is 16.4. The molecule has 0 aromatic rings. The Morgan fingerprint density at radius 3 is 2.26 bits per heavy atom. The third-order valence-electron chi connectivity index (χ3n) is 6.01. The Kier molecular flexibility index (Phi) is 4.58. The minimum absolute atomic E-state index is 0.389. The van der Waals surface area contributed by atoms with Gasteiger partial charge in [-0.05, 0) is 62.2 Å². The monoisotopic (exact) mass is 266 g/mol. The van der Waals surface area contributed by atoms with E-state index in [0.717, 1.165) is 50.4 Å². The minimum atomic E-state index is -0.506. The second kappa shape index (κ2) is 5.85. The van der Waals surface area contributed by atoms with E-state index in [1.807, 2.05) is 0 Å². The summed E-state index contributed by atoms with van der Waals surface area (Å²) in [7, 11) is 0. The predicted octanol–water partition coefficient (Wildman–Crippen LogP) is 4.73. The average molecular weight is 266 g/mol.